The van der Waals surface area contributed by atoms with E-state index < -0.39 is 0 Å². The van der Waals surface area contributed by atoms with E-state index in [0.717, 1.165) is 6.42 Å². The van der Waals surface area contributed by atoms with Crippen LogP contribution in [0.25, 0.3) is 0 Å². The molecule has 3 unspecified atom stereocenters. The molecular weight excluding hydrogens is 200 g/mol. The normalized spacial score (nSPS) is 32.4. The SMILES string of the molecule is C=C(C)C(=O)OCC1CC(C)(C)C(C)C1C. The van der Waals surface area contributed by atoms with Gasteiger partial charge >= 0.3 is 5.97 Å². The molecule has 0 aromatic carbocycles. The molecule has 1 aliphatic rings. The van der Waals surface area contributed by atoms with E-state index in [0.29, 0.717) is 35.3 Å². The summed E-state index contributed by atoms with van der Waals surface area (Å²) in [6.45, 7) is 15.0. The first kappa shape index (κ1) is 13.3. The predicted molar refractivity (Wildman–Crippen MR) is 66.0 cm³/mol. The van der Waals surface area contributed by atoms with E-state index in [-0.39, 0.29) is 5.97 Å². The first-order valence-corrected chi connectivity index (χ1v) is 6.08. The maximum Gasteiger partial charge on any atom is 0.333 e. The first-order valence-electron chi connectivity index (χ1n) is 6.08. The number of esters is 1. The lowest BCUT2D eigenvalue weighted by Crippen LogP contribution is -2.19. The Morgan fingerprint density at radius 1 is 1.44 bits per heavy atom. The van der Waals surface area contributed by atoms with Crippen LogP contribution in [0.1, 0.15) is 41.0 Å². The van der Waals surface area contributed by atoms with Crippen molar-refractivity contribution in [2.45, 2.75) is 41.0 Å². The molecule has 0 N–H and O–H groups in total. The van der Waals surface area contributed by atoms with Crippen LogP contribution in [0.2, 0.25) is 0 Å². The third-order valence-corrected chi connectivity index (χ3v) is 4.33. The topological polar surface area (TPSA) is 26.3 Å². The highest BCUT2D eigenvalue weighted by Gasteiger charge is 2.43. The van der Waals surface area contributed by atoms with Crippen LogP contribution < -0.4 is 0 Å². The largest absolute Gasteiger partial charge is 0.462 e. The van der Waals surface area contributed by atoms with Gasteiger partial charge in [0.15, 0.2) is 0 Å². The third-order valence-electron chi connectivity index (χ3n) is 4.33. The Morgan fingerprint density at radius 2 is 2.00 bits per heavy atom. The highest BCUT2D eigenvalue weighted by atomic mass is 16.5. The van der Waals surface area contributed by atoms with Crippen LogP contribution in [0.3, 0.4) is 0 Å². The van der Waals surface area contributed by atoms with Gasteiger partial charge in [0.05, 0.1) is 6.61 Å². The van der Waals surface area contributed by atoms with Gasteiger partial charge in [-0.15, -0.1) is 0 Å². The van der Waals surface area contributed by atoms with E-state index in [1.807, 2.05) is 0 Å². The molecule has 0 spiro atoms. The Hall–Kier alpha value is -0.790. The lowest BCUT2D eigenvalue weighted by atomic mass is 9.81. The van der Waals surface area contributed by atoms with Gasteiger partial charge < -0.3 is 4.74 Å². The fourth-order valence-electron chi connectivity index (χ4n) is 2.68. The maximum atomic E-state index is 11.3. The minimum atomic E-state index is -0.260. The Labute approximate surface area is 99.1 Å². The second kappa shape index (κ2) is 4.60. The molecule has 92 valence electrons. The molecule has 2 heteroatoms. The Bertz CT molecular complexity index is 291. The van der Waals surface area contributed by atoms with Crippen molar-refractivity contribution in [2.24, 2.45) is 23.2 Å². The molecule has 2 nitrogen and oxygen atoms in total. The van der Waals surface area contributed by atoms with Gasteiger partial charge in [-0.3, -0.25) is 0 Å². The standard InChI is InChI=1S/C14H24O2/c1-9(2)13(15)16-8-12-7-14(5,6)11(4)10(12)3/h10-12H,1,7-8H2,2-6H3. The molecular formula is C14H24O2. The summed E-state index contributed by atoms with van der Waals surface area (Å²) in [7, 11) is 0. The Balaban J connectivity index is 2.51. The molecule has 0 saturated heterocycles. The highest BCUT2D eigenvalue weighted by molar-refractivity contribution is 5.86. The molecule has 1 rings (SSSR count). The smallest absolute Gasteiger partial charge is 0.333 e. The molecule has 0 radical (unpaired) electrons. The number of hydrogen-bond acceptors (Lipinski definition) is 2. The van der Waals surface area contributed by atoms with Gasteiger partial charge in [-0.25, -0.2) is 4.79 Å². The lowest BCUT2D eigenvalue weighted by molar-refractivity contribution is -0.140. The van der Waals surface area contributed by atoms with E-state index in [9.17, 15) is 4.79 Å². The first-order chi connectivity index (χ1) is 7.25. The van der Waals surface area contributed by atoms with Gasteiger partial charge in [0.25, 0.3) is 0 Å². The zero-order valence-corrected chi connectivity index (χ0v) is 11.2. The Kier molecular flexibility index (Phi) is 3.82. The van der Waals surface area contributed by atoms with Crippen molar-refractivity contribution in [3.63, 3.8) is 0 Å². The molecule has 0 aromatic rings. The van der Waals surface area contributed by atoms with Crippen LogP contribution >= 0.6 is 0 Å². The van der Waals surface area contributed by atoms with Crippen molar-refractivity contribution in [3.05, 3.63) is 12.2 Å². The second-order valence-corrected chi connectivity index (χ2v) is 5.98. The summed E-state index contributed by atoms with van der Waals surface area (Å²) >= 11 is 0. The fraction of sp³-hybridized carbons (Fsp3) is 0.786. The van der Waals surface area contributed by atoms with E-state index in [1.165, 1.54) is 0 Å². The van der Waals surface area contributed by atoms with E-state index in [4.69, 9.17) is 4.74 Å². The summed E-state index contributed by atoms with van der Waals surface area (Å²) in [5, 5.41) is 0. The molecule has 0 aliphatic heterocycles. The third kappa shape index (κ3) is 2.66. The summed E-state index contributed by atoms with van der Waals surface area (Å²) in [6, 6.07) is 0. The summed E-state index contributed by atoms with van der Waals surface area (Å²) < 4.78 is 5.26. The van der Waals surface area contributed by atoms with Crippen molar-refractivity contribution in [1.82, 2.24) is 0 Å². The molecule has 1 aliphatic carbocycles. The van der Waals surface area contributed by atoms with Crippen LogP contribution in [-0.4, -0.2) is 12.6 Å². The minimum Gasteiger partial charge on any atom is -0.462 e. The molecule has 1 saturated carbocycles. The summed E-state index contributed by atoms with van der Waals surface area (Å²) in [5.74, 6) is 1.53. The van der Waals surface area contributed by atoms with Crippen LogP contribution in [0.5, 0.6) is 0 Å². The van der Waals surface area contributed by atoms with E-state index in [2.05, 4.69) is 34.3 Å². The van der Waals surface area contributed by atoms with Gasteiger partial charge in [0, 0.05) is 5.57 Å². The maximum absolute atomic E-state index is 11.3. The molecule has 3 atom stereocenters. The number of ether oxygens (including phenoxy) is 1. The number of carbonyl (C=O) groups excluding carboxylic acids is 1. The predicted octanol–water partition coefficient (Wildman–Crippen LogP) is 3.42. The van der Waals surface area contributed by atoms with Crippen LogP contribution in [-0.2, 0) is 9.53 Å². The monoisotopic (exact) mass is 224 g/mol. The van der Waals surface area contributed by atoms with Crippen molar-refractivity contribution in [3.8, 4) is 0 Å². The van der Waals surface area contributed by atoms with Crippen LogP contribution in [0.4, 0.5) is 0 Å². The van der Waals surface area contributed by atoms with Crippen LogP contribution in [0.15, 0.2) is 12.2 Å². The number of rotatable bonds is 3. The van der Waals surface area contributed by atoms with E-state index in [1.54, 1.807) is 6.92 Å². The van der Waals surface area contributed by atoms with Crippen molar-refractivity contribution >= 4 is 5.97 Å². The molecule has 16 heavy (non-hydrogen) atoms. The summed E-state index contributed by atoms with van der Waals surface area (Å²) in [4.78, 5) is 11.3. The molecule has 0 heterocycles. The zero-order valence-electron chi connectivity index (χ0n) is 11.2. The van der Waals surface area contributed by atoms with Crippen LogP contribution in [0, 0.1) is 23.2 Å². The quantitative estimate of drug-likeness (QED) is 0.542. The van der Waals surface area contributed by atoms with Gasteiger partial charge in [0.1, 0.15) is 0 Å². The second-order valence-electron chi connectivity index (χ2n) is 5.98. The minimum absolute atomic E-state index is 0.260. The molecule has 0 amide bonds. The van der Waals surface area contributed by atoms with E-state index >= 15 is 0 Å². The molecule has 0 aromatic heterocycles. The average molecular weight is 224 g/mol. The van der Waals surface area contributed by atoms with Crippen molar-refractivity contribution < 1.29 is 9.53 Å². The van der Waals surface area contributed by atoms with Crippen molar-refractivity contribution in [2.75, 3.05) is 6.61 Å². The lowest BCUT2D eigenvalue weighted by Gasteiger charge is -2.25. The van der Waals surface area contributed by atoms with Gasteiger partial charge in [0.2, 0.25) is 0 Å². The molecule has 1 fully saturated rings. The van der Waals surface area contributed by atoms with Gasteiger partial charge in [-0.2, -0.15) is 0 Å². The van der Waals surface area contributed by atoms with Gasteiger partial charge in [-0.1, -0.05) is 34.3 Å². The highest BCUT2D eigenvalue weighted by Crippen LogP contribution is 2.49. The zero-order chi connectivity index (χ0) is 12.5. The van der Waals surface area contributed by atoms with Gasteiger partial charge in [-0.05, 0) is 36.5 Å². The summed E-state index contributed by atoms with van der Waals surface area (Å²) in [5.41, 5.74) is 0.845. The average Bonchev–Trinajstić information content (AvgIpc) is 2.38. The number of hydrogen-bond donors (Lipinski definition) is 0. The molecule has 0 bridgehead atoms. The summed E-state index contributed by atoms with van der Waals surface area (Å²) in [6.07, 6.45) is 1.14. The van der Waals surface area contributed by atoms with Crippen molar-refractivity contribution in [1.29, 1.82) is 0 Å². The number of carbonyl (C=O) groups is 1. The Morgan fingerprint density at radius 3 is 2.38 bits per heavy atom. The fourth-order valence-corrected chi connectivity index (χ4v) is 2.68.